The maximum Gasteiger partial charge on any atom is 0.278 e. The van der Waals surface area contributed by atoms with E-state index in [0.717, 1.165) is 16.7 Å². The van der Waals surface area contributed by atoms with Gasteiger partial charge in [0, 0.05) is 5.69 Å². The van der Waals surface area contributed by atoms with Gasteiger partial charge in [0.05, 0.1) is 12.1 Å². The Balaban J connectivity index is 1.72. The maximum atomic E-state index is 13.3. The van der Waals surface area contributed by atoms with Crippen molar-refractivity contribution in [1.29, 1.82) is 0 Å². The quantitative estimate of drug-likeness (QED) is 0.624. The molecule has 3 aromatic rings. The van der Waals surface area contributed by atoms with Crippen molar-refractivity contribution in [2.24, 2.45) is 0 Å². The van der Waals surface area contributed by atoms with Crippen molar-refractivity contribution in [3.8, 4) is 0 Å². The highest BCUT2D eigenvalue weighted by Gasteiger charge is 2.39. The molecule has 1 heterocycles. The Kier molecular flexibility index (Phi) is 5.19. The van der Waals surface area contributed by atoms with Crippen LogP contribution >= 0.6 is 0 Å². The molecule has 0 unspecified atom stereocenters. The lowest BCUT2D eigenvalue weighted by atomic mass is 10.0. The van der Waals surface area contributed by atoms with Crippen LogP contribution in [0.5, 0.6) is 0 Å². The smallest absolute Gasteiger partial charge is 0.278 e. The van der Waals surface area contributed by atoms with Crippen molar-refractivity contribution < 1.29 is 14.0 Å². The normalized spacial score (nSPS) is 13.9. The van der Waals surface area contributed by atoms with E-state index in [4.69, 9.17) is 0 Å². The van der Waals surface area contributed by atoms with Crippen LogP contribution in [0.25, 0.3) is 5.57 Å². The Hall–Kier alpha value is -3.73. The summed E-state index contributed by atoms with van der Waals surface area (Å²) in [6, 6.07) is 20.9. The third-order valence-electron chi connectivity index (χ3n) is 5.08. The van der Waals surface area contributed by atoms with Gasteiger partial charge in [0.1, 0.15) is 11.5 Å². The van der Waals surface area contributed by atoms with Crippen LogP contribution in [-0.4, -0.2) is 16.7 Å². The Bertz CT molecular complexity index is 1130. The monoisotopic (exact) mass is 400 g/mol. The number of carbonyl (C=O) groups is 2. The van der Waals surface area contributed by atoms with Gasteiger partial charge in [-0.25, -0.2) is 4.39 Å². The first-order valence-electron chi connectivity index (χ1n) is 9.68. The second-order valence-electron chi connectivity index (χ2n) is 7.43. The lowest BCUT2D eigenvalue weighted by Crippen LogP contribution is -2.32. The van der Waals surface area contributed by atoms with Crippen molar-refractivity contribution in [3.05, 3.63) is 107 Å². The first-order chi connectivity index (χ1) is 14.4. The van der Waals surface area contributed by atoms with E-state index in [2.05, 4.69) is 5.32 Å². The number of rotatable bonds is 5. The number of carbonyl (C=O) groups excluding carboxylic acids is 2. The van der Waals surface area contributed by atoms with Crippen LogP contribution in [0.2, 0.25) is 0 Å². The third kappa shape index (κ3) is 3.87. The Morgan fingerprint density at radius 2 is 1.33 bits per heavy atom. The van der Waals surface area contributed by atoms with Crippen molar-refractivity contribution in [1.82, 2.24) is 4.90 Å². The molecule has 4 rings (SSSR count). The molecular weight excluding hydrogens is 379 g/mol. The zero-order valence-corrected chi connectivity index (χ0v) is 16.8. The predicted octanol–water partition coefficient (Wildman–Crippen LogP) is 4.83. The molecule has 2 amide bonds. The van der Waals surface area contributed by atoms with Crippen molar-refractivity contribution in [3.63, 3.8) is 0 Å². The minimum Gasteiger partial charge on any atom is -0.350 e. The van der Waals surface area contributed by atoms with Gasteiger partial charge in [0.15, 0.2) is 0 Å². The summed E-state index contributed by atoms with van der Waals surface area (Å²) >= 11 is 0. The standard InChI is InChI=1S/C25H21FN2O2/c1-16-3-7-18(8-4-16)15-28-24(29)22(19-9-5-17(2)6-10-19)23(25(28)30)27-21-13-11-20(26)12-14-21/h3-14,27H,15H2,1-2H3. The molecule has 0 radical (unpaired) electrons. The number of aryl methyl sites for hydroxylation is 2. The fraction of sp³-hybridized carbons (Fsp3) is 0.120. The van der Waals surface area contributed by atoms with Crippen LogP contribution in [0.4, 0.5) is 10.1 Å². The Morgan fingerprint density at radius 3 is 1.93 bits per heavy atom. The lowest BCUT2D eigenvalue weighted by molar-refractivity contribution is -0.137. The molecular formula is C25H21FN2O2. The van der Waals surface area contributed by atoms with Crippen LogP contribution in [0.15, 0.2) is 78.5 Å². The van der Waals surface area contributed by atoms with Gasteiger partial charge in [-0.1, -0.05) is 59.7 Å². The van der Waals surface area contributed by atoms with Crippen LogP contribution in [-0.2, 0) is 16.1 Å². The number of hydrogen-bond donors (Lipinski definition) is 1. The molecule has 1 N–H and O–H groups in total. The summed E-state index contributed by atoms with van der Waals surface area (Å²) in [5.41, 5.74) is 4.74. The molecule has 0 saturated carbocycles. The topological polar surface area (TPSA) is 49.4 Å². The maximum absolute atomic E-state index is 13.3. The SMILES string of the molecule is Cc1ccc(CN2C(=O)C(Nc3ccc(F)cc3)=C(c3ccc(C)cc3)C2=O)cc1. The summed E-state index contributed by atoms with van der Waals surface area (Å²) in [5.74, 6) is -1.13. The minimum absolute atomic E-state index is 0.182. The molecule has 0 spiro atoms. The zero-order chi connectivity index (χ0) is 21.3. The number of hydrogen-bond acceptors (Lipinski definition) is 3. The van der Waals surface area contributed by atoms with E-state index in [1.165, 1.54) is 29.2 Å². The highest BCUT2D eigenvalue weighted by Crippen LogP contribution is 2.31. The number of anilines is 1. The molecule has 4 nitrogen and oxygen atoms in total. The molecule has 1 aliphatic rings. The molecule has 0 fully saturated rings. The van der Waals surface area contributed by atoms with E-state index in [9.17, 15) is 14.0 Å². The summed E-state index contributed by atoms with van der Waals surface area (Å²) in [7, 11) is 0. The van der Waals surface area contributed by atoms with E-state index >= 15 is 0 Å². The average molecular weight is 400 g/mol. The largest absolute Gasteiger partial charge is 0.350 e. The summed E-state index contributed by atoms with van der Waals surface area (Å²) in [5, 5.41) is 3.04. The first kappa shape index (κ1) is 19.6. The zero-order valence-electron chi connectivity index (χ0n) is 16.8. The van der Waals surface area contributed by atoms with Crippen molar-refractivity contribution in [2.75, 3.05) is 5.32 Å². The van der Waals surface area contributed by atoms with Crippen LogP contribution in [0.3, 0.4) is 0 Å². The number of amides is 2. The van der Waals surface area contributed by atoms with Crippen molar-refractivity contribution in [2.45, 2.75) is 20.4 Å². The summed E-state index contributed by atoms with van der Waals surface area (Å²) in [6.07, 6.45) is 0. The van der Waals surface area contributed by atoms with E-state index in [0.29, 0.717) is 16.8 Å². The van der Waals surface area contributed by atoms with Gasteiger partial charge in [-0.3, -0.25) is 14.5 Å². The fourth-order valence-corrected chi connectivity index (χ4v) is 3.38. The van der Waals surface area contributed by atoms with E-state index in [-0.39, 0.29) is 24.0 Å². The van der Waals surface area contributed by atoms with Crippen LogP contribution in [0.1, 0.15) is 22.3 Å². The van der Waals surface area contributed by atoms with Gasteiger partial charge < -0.3 is 5.32 Å². The Morgan fingerprint density at radius 1 is 0.767 bits per heavy atom. The molecule has 150 valence electrons. The van der Waals surface area contributed by atoms with Gasteiger partial charge in [-0.2, -0.15) is 0 Å². The molecule has 30 heavy (non-hydrogen) atoms. The first-order valence-corrected chi connectivity index (χ1v) is 9.68. The van der Waals surface area contributed by atoms with Crippen molar-refractivity contribution >= 4 is 23.1 Å². The number of imide groups is 1. The van der Waals surface area contributed by atoms with Crippen LogP contribution < -0.4 is 5.32 Å². The van der Waals surface area contributed by atoms with E-state index < -0.39 is 5.91 Å². The minimum atomic E-state index is -0.402. The number of nitrogens with zero attached hydrogens (tertiary/aromatic N) is 1. The average Bonchev–Trinajstić information content (AvgIpc) is 2.96. The van der Waals surface area contributed by atoms with Crippen LogP contribution in [0, 0.1) is 19.7 Å². The second kappa shape index (κ2) is 7.95. The van der Waals surface area contributed by atoms with Gasteiger partial charge in [0.2, 0.25) is 0 Å². The molecule has 5 heteroatoms. The number of nitrogens with one attached hydrogen (secondary N) is 1. The molecule has 3 aromatic carbocycles. The van der Waals surface area contributed by atoms with Gasteiger partial charge in [-0.05, 0) is 49.2 Å². The Labute approximate surface area is 174 Å². The van der Waals surface area contributed by atoms with Gasteiger partial charge in [0.25, 0.3) is 11.8 Å². The predicted molar refractivity (Wildman–Crippen MR) is 115 cm³/mol. The molecule has 0 aliphatic carbocycles. The summed E-state index contributed by atoms with van der Waals surface area (Å²) in [6.45, 7) is 4.13. The highest BCUT2D eigenvalue weighted by atomic mass is 19.1. The molecule has 1 aliphatic heterocycles. The summed E-state index contributed by atoms with van der Waals surface area (Å²) in [4.78, 5) is 27.7. The molecule has 0 bridgehead atoms. The van der Waals surface area contributed by atoms with E-state index in [1.807, 2.05) is 62.4 Å². The molecule has 0 atom stereocenters. The van der Waals surface area contributed by atoms with Gasteiger partial charge in [-0.15, -0.1) is 0 Å². The third-order valence-corrected chi connectivity index (χ3v) is 5.08. The highest BCUT2D eigenvalue weighted by molar-refractivity contribution is 6.36. The van der Waals surface area contributed by atoms with E-state index in [1.54, 1.807) is 0 Å². The molecule has 0 saturated heterocycles. The fourth-order valence-electron chi connectivity index (χ4n) is 3.38. The van der Waals surface area contributed by atoms with Gasteiger partial charge >= 0.3 is 0 Å². The number of halogens is 1. The molecule has 0 aromatic heterocycles. The number of benzene rings is 3. The lowest BCUT2D eigenvalue weighted by Gasteiger charge is -2.15. The second-order valence-corrected chi connectivity index (χ2v) is 7.43. The summed E-state index contributed by atoms with van der Waals surface area (Å²) < 4.78 is 13.3.